The van der Waals surface area contributed by atoms with E-state index in [4.69, 9.17) is 10.5 Å². The van der Waals surface area contributed by atoms with Gasteiger partial charge in [-0.15, -0.1) is 0 Å². The zero-order valence-electron chi connectivity index (χ0n) is 13.4. The molecule has 24 heavy (non-hydrogen) atoms. The monoisotopic (exact) mass is 332 g/mol. The first-order valence-electron chi connectivity index (χ1n) is 7.86. The number of ether oxygens (including phenoxy) is 1. The lowest BCUT2D eigenvalue weighted by Crippen LogP contribution is -2.34. The van der Waals surface area contributed by atoms with E-state index in [1.807, 2.05) is 6.07 Å². The number of carbonyl (C=O) groups excluding carboxylic acids is 3. The molecular formula is C16H20N4O4. The third kappa shape index (κ3) is 3.33. The summed E-state index contributed by atoms with van der Waals surface area (Å²) in [6, 6.07) is 4.88. The van der Waals surface area contributed by atoms with Crippen molar-refractivity contribution in [3.05, 3.63) is 23.8 Å². The van der Waals surface area contributed by atoms with Gasteiger partial charge in [-0.05, 0) is 36.6 Å². The van der Waals surface area contributed by atoms with Gasteiger partial charge in [-0.25, -0.2) is 4.79 Å². The van der Waals surface area contributed by atoms with Crippen LogP contribution in [0.5, 0.6) is 0 Å². The predicted octanol–water partition coefficient (Wildman–Crippen LogP) is 0.360. The van der Waals surface area contributed by atoms with Gasteiger partial charge in [-0.2, -0.15) is 0 Å². The fourth-order valence-corrected chi connectivity index (χ4v) is 2.84. The minimum Gasteiger partial charge on any atom is -0.442 e. The van der Waals surface area contributed by atoms with Crippen LogP contribution in [0.4, 0.5) is 16.2 Å². The third-order valence-electron chi connectivity index (χ3n) is 4.17. The second-order valence-electron chi connectivity index (χ2n) is 6.03. The van der Waals surface area contributed by atoms with Crippen LogP contribution in [0.15, 0.2) is 18.2 Å². The third-order valence-corrected chi connectivity index (χ3v) is 4.17. The van der Waals surface area contributed by atoms with Crippen LogP contribution in [0, 0.1) is 0 Å². The molecule has 2 aliphatic heterocycles. The number of rotatable bonds is 3. The van der Waals surface area contributed by atoms with Crippen molar-refractivity contribution in [2.45, 2.75) is 31.9 Å². The number of anilines is 2. The van der Waals surface area contributed by atoms with Crippen LogP contribution in [0.25, 0.3) is 0 Å². The highest BCUT2D eigenvalue weighted by Gasteiger charge is 2.33. The molecule has 0 saturated carbocycles. The molecule has 1 fully saturated rings. The molecule has 1 aromatic carbocycles. The zero-order valence-corrected chi connectivity index (χ0v) is 13.4. The van der Waals surface area contributed by atoms with Crippen LogP contribution in [0.2, 0.25) is 0 Å². The van der Waals surface area contributed by atoms with E-state index in [0.717, 1.165) is 11.3 Å². The molecule has 4 N–H and O–H groups in total. The van der Waals surface area contributed by atoms with Crippen LogP contribution >= 0.6 is 0 Å². The lowest BCUT2D eigenvalue weighted by molar-refractivity contribution is -0.119. The highest BCUT2D eigenvalue weighted by Crippen LogP contribution is 2.29. The normalized spacial score (nSPS) is 23.2. The van der Waals surface area contributed by atoms with Crippen LogP contribution < -0.4 is 21.3 Å². The van der Waals surface area contributed by atoms with Crippen molar-refractivity contribution >= 4 is 29.3 Å². The number of hydrogen-bond donors (Lipinski definition) is 3. The van der Waals surface area contributed by atoms with Crippen molar-refractivity contribution in [1.82, 2.24) is 5.32 Å². The van der Waals surface area contributed by atoms with Gasteiger partial charge in [-0.1, -0.05) is 0 Å². The number of nitrogens with zero attached hydrogens (tertiary/aromatic N) is 1. The van der Waals surface area contributed by atoms with E-state index in [0.29, 0.717) is 25.1 Å². The van der Waals surface area contributed by atoms with Crippen molar-refractivity contribution in [2.75, 3.05) is 23.3 Å². The molecule has 0 aromatic heterocycles. The molecule has 0 radical (unpaired) electrons. The Hall–Kier alpha value is -2.61. The fraction of sp³-hybridized carbons (Fsp3) is 0.438. The molecule has 3 rings (SSSR count). The van der Waals surface area contributed by atoms with Crippen molar-refractivity contribution in [1.29, 1.82) is 0 Å². The summed E-state index contributed by atoms with van der Waals surface area (Å²) in [6.07, 6.45) is 0.382. The molecule has 2 aliphatic rings. The molecule has 2 atom stereocenters. The molecule has 0 aliphatic carbocycles. The van der Waals surface area contributed by atoms with E-state index in [-0.39, 0.29) is 24.5 Å². The maximum atomic E-state index is 12.1. The molecule has 8 heteroatoms. The summed E-state index contributed by atoms with van der Waals surface area (Å²) in [5.41, 5.74) is 8.15. The van der Waals surface area contributed by atoms with Crippen LogP contribution in [0.3, 0.4) is 0 Å². The van der Waals surface area contributed by atoms with E-state index in [1.165, 1.54) is 11.8 Å². The summed E-state index contributed by atoms with van der Waals surface area (Å²) in [7, 11) is 0. The smallest absolute Gasteiger partial charge is 0.414 e. The van der Waals surface area contributed by atoms with Crippen molar-refractivity contribution < 1.29 is 19.1 Å². The molecule has 8 nitrogen and oxygen atoms in total. The lowest BCUT2D eigenvalue weighted by atomic mass is 10.1. The van der Waals surface area contributed by atoms with Crippen LogP contribution in [-0.2, 0) is 20.7 Å². The summed E-state index contributed by atoms with van der Waals surface area (Å²) in [5.74, 6) is -0.362. The van der Waals surface area contributed by atoms with E-state index in [9.17, 15) is 14.4 Å². The van der Waals surface area contributed by atoms with Gasteiger partial charge >= 0.3 is 6.09 Å². The molecular weight excluding hydrogens is 312 g/mol. The minimum atomic E-state index is -0.528. The van der Waals surface area contributed by atoms with Gasteiger partial charge in [0, 0.05) is 18.3 Å². The number of hydrogen-bond acceptors (Lipinski definition) is 5. The van der Waals surface area contributed by atoms with Crippen molar-refractivity contribution in [3.63, 3.8) is 0 Å². The topological polar surface area (TPSA) is 114 Å². The molecule has 0 spiro atoms. The number of nitrogens with two attached hydrogens (primary N) is 1. The van der Waals surface area contributed by atoms with Gasteiger partial charge in [0.05, 0.1) is 19.1 Å². The maximum absolute atomic E-state index is 12.1. The zero-order chi connectivity index (χ0) is 17.3. The summed E-state index contributed by atoms with van der Waals surface area (Å²) in [5, 5.41) is 5.44. The average Bonchev–Trinajstić information content (AvgIpc) is 2.85. The Labute approximate surface area is 139 Å². The van der Waals surface area contributed by atoms with Crippen molar-refractivity contribution in [2.24, 2.45) is 5.73 Å². The second-order valence-corrected chi connectivity index (χ2v) is 6.03. The van der Waals surface area contributed by atoms with Gasteiger partial charge < -0.3 is 21.1 Å². The quantitative estimate of drug-likeness (QED) is 0.739. The van der Waals surface area contributed by atoms with Gasteiger partial charge in [0.25, 0.3) is 0 Å². The highest BCUT2D eigenvalue weighted by molar-refractivity contribution is 5.97. The number of cyclic esters (lactones) is 1. The molecule has 128 valence electrons. The Morgan fingerprint density at radius 2 is 2.25 bits per heavy atom. The van der Waals surface area contributed by atoms with E-state index < -0.39 is 12.1 Å². The molecule has 1 saturated heterocycles. The average molecular weight is 332 g/mol. The Balaban J connectivity index is 1.75. The molecule has 0 bridgehead atoms. The first kappa shape index (κ1) is 16.3. The summed E-state index contributed by atoms with van der Waals surface area (Å²) in [6.45, 7) is 2.07. The number of carbonyl (C=O) groups is 3. The minimum absolute atomic E-state index is 0.165. The Morgan fingerprint density at radius 3 is 3.00 bits per heavy atom. The van der Waals surface area contributed by atoms with Crippen LogP contribution in [0.1, 0.15) is 18.9 Å². The summed E-state index contributed by atoms with van der Waals surface area (Å²) >= 11 is 0. The SMILES string of the molecule is CC(=O)NCC1CN(c2ccc3c(c2)CCC(N)C(=O)N3)C(=O)O1. The molecule has 2 unspecified atom stereocenters. The number of amides is 3. The van der Waals surface area contributed by atoms with E-state index >= 15 is 0 Å². The van der Waals surface area contributed by atoms with Crippen molar-refractivity contribution in [3.8, 4) is 0 Å². The highest BCUT2D eigenvalue weighted by atomic mass is 16.6. The van der Waals surface area contributed by atoms with Crippen LogP contribution in [-0.4, -0.2) is 43.1 Å². The number of fused-ring (bicyclic) bond motifs is 1. The first-order valence-corrected chi connectivity index (χ1v) is 7.86. The first-order chi connectivity index (χ1) is 11.4. The Morgan fingerprint density at radius 1 is 1.46 bits per heavy atom. The van der Waals surface area contributed by atoms with Gasteiger partial charge in [-0.3, -0.25) is 14.5 Å². The van der Waals surface area contributed by atoms with Gasteiger partial charge in [0.15, 0.2) is 0 Å². The fourth-order valence-electron chi connectivity index (χ4n) is 2.84. The number of benzene rings is 1. The predicted molar refractivity (Wildman–Crippen MR) is 87.7 cm³/mol. The lowest BCUT2D eigenvalue weighted by Gasteiger charge is -2.16. The molecule has 2 heterocycles. The number of aryl methyl sites for hydroxylation is 1. The second kappa shape index (κ2) is 6.48. The summed E-state index contributed by atoms with van der Waals surface area (Å²) in [4.78, 5) is 36.4. The largest absolute Gasteiger partial charge is 0.442 e. The van der Waals surface area contributed by atoms with Gasteiger partial charge in [0.2, 0.25) is 11.8 Å². The number of nitrogens with one attached hydrogen (secondary N) is 2. The molecule has 1 aromatic rings. The van der Waals surface area contributed by atoms with E-state index in [1.54, 1.807) is 12.1 Å². The maximum Gasteiger partial charge on any atom is 0.414 e. The molecule has 3 amide bonds. The summed E-state index contributed by atoms with van der Waals surface area (Å²) < 4.78 is 5.26. The Bertz CT molecular complexity index is 691. The Kier molecular flexibility index (Phi) is 4.39. The van der Waals surface area contributed by atoms with Gasteiger partial charge in [0.1, 0.15) is 6.10 Å². The van der Waals surface area contributed by atoms with E-state index in [2.05, 4.69) is 10.6 Å². The standard InChI is InChI=1S/C16H20N4O4/c1-9(21)18-7-12-8-20(16(23)24-12)11-3-5-14-10(6-11)2-4-13(17)15(22)19-14/h3,5-6,12-13H,2,4,7-8,17H2,1H3,(H,18,21)(H,19,22).